The smallest absolute Gasteiger partial charge is 0.240 e. The summed E-state index contributed by atoms with van der Waals surface area (Å²) in [6, 6.07) is 21.7. The van der Waals surface area contributed by atoms with Gasteiger partial charge in [0, 0.05) is 22.0 Å². The molecule has 0 unspecified atom stereocenters. The zero-order valence-electron chi connectivity index (χ0n) is 21.6. The molecule has 1 N–H and O–H groups in total. The van der Waals surface area contributed by atoms with E-state index in [0.29, 0.717) is 5.82 Å². The first-order chi connectivity index (χ1) is 18.5. The number of methoxy groups -OCH3 is 1. The van der Waals surface area contributed by atoms with Gasteiger partial charge in [-0.05, 0) is 49.1 Å². The van der Waals surface area contributed by atoms with E-state index in [1.54, 1.807) is 39.8 Å². The normalized spacial score (nSPS) is 16.0. The minimum Gasteiger partial charge on any atom is -0.497 e. The van der Waals surface area contributed by atoms with Gasteiger partial charge >= 0.3 is 0 Å². The second kappa shape index (κ2) is 11.4. The van der Waals surface area contributed by atoms with E-state index in [-0.39, 0.29) is 35.4 Å². The molecule has 38 heavy (non-hydrogen) atoms. The molecule has 0 bridgehead atoms. The summed E-state index contributed by atoms with van der Waals surface area (Å²) in [4.78, 5) is 29.5. The molecule has 0 fully saturated rings. The first-order valence-electron chi connectivity index (χ1n) is 12.6. The summed E-state index contributed by atoms with van der Waals surface area (Å²) in [5.41, 5.74) is 3.46. The molecule has 7 nitrogen and oxygen atoms in total. The summed E-state index contributed by atoms with van der Waals surface area (Å²) < 4.78 is 7.17. The topological polar surface area (TPSA) is 76.5 Å². The number of nitrogens with zero attached hydrogens (tertiary/aromatic N) is 3. The number of carbonyl (C=O) groups is 2. The lowest BCUT2D eigenvalue weighted by atomic mass is 10.0. The average molecular weight is 547 g/mol. The number of anilines is 1. The van der Waals surface area contributed by atoms with Gasteiger partial charge in [-0.2, -0.15) is 5.10 Å². The van der Waals surface area contributed by atoms with Crippen LogP contribution in [0.5, 0.6) is 5.75 Å². The monoisotopic (exact) mass is 546 g/mol. The van der Waals surface area contributed by atoms with Crippen molar-refractivity contribution in [2.24, 2.45) is 0 Å². The van der Waals surface area contributed by atoms with Crippen LogP contribution in [0.1, 0.15) is 36.0 Å². The Morgan fingerprint density at radius 1 is 1.13 bits per heavy atom. The number of thioether (sulfide) groups is 1. The molecule has 2 aromatic carbocycles. The minimum atomic E-state index is -0.193. The molecule has 0 spiro atoms. The van der Waals surface area contributed by atoms with E-state index in [0.717, 1.165) is 39.6 Å². The fourth-order valence-corrected chi connectivity index (χ4v) is 6.64. The van der Waals surface area contributed by atoms with Crippen LogP contribution in [0.25, 0.3) is 16.9 Å². The molecular formula is C29H30N4O3S2. The van der Waals surface area contributed by atoms with E-state index in [9.17, 15) is 9.59 Å². The maximum absolute atomic E-state index is 13.7. The molecule has 0 radical (unpaired) electrons. The van der Waals surface area contributed by atoms with Crippen LogP contribution in [0.15, 0.2) is 72.1 Å². The zero-order chi connectivity index (χ0) is 26.6. The van der Waals surface area contributed by atoms with Crippen molar-refractivity contribution >= 4 is 40.7 Å². The van der Waals surface area contributed by atoms with Gasteiger partial charge in [-0.15, -0.1) is 23.1 Å². The van der Waals surface area contributed by atoms with Crippen molar-refractivity contribution in [3.05, 3.63) is 82.6 Å². The first kappa shape index (κ1) is 26.1. The number of hydrogen-bond acceptors (Lipinski definition) is 6. The average Bonchev–Trinajstić information content (AvgIpc) is 3.59. The van der Waals surface area contributed by atoms with E-state index in [4.69, 9.17) is 9.84 Å². The van der Waals surface area contributed by atoms with E-state index in [1.807, 2.05) is 74.5 Å². The Morgan fingerprint density at radius 2 is 1.89 bits per heavy atom. The van der Waals surface area contributed by atoms with Crippen molar-refractivity contribution in [1.82, 2.24) is 15.1 Å². The number of hydrogen-bond donors (Lipinski definition) is 1. The number of rotatable bonds is 8. The molecule has 196 valence electrons. The molecule has 3 heterocycles. The molecule has 2 atom stereocenters. The van der Waals surface area contributed by atoms with Crippen LogP contribution in [-0.2, 0) is 9.59 Å². The Hall–Kier alpha value is -3.56. The fourth-order valence-electron chi connectivity index (χ4n) is 4.46. The van der Waals surface area contributed by atoms with Gasteiger partial charge in [0.25, 0.3) is 0 Å². The number of ether oxygens (including phenoxy) is 1. The van der Waals surface area contributed by atoms with Crippen molar-refractivity contribution in [2.75, 3.05) is 24.3 Å². The number of benzene rings is 2. The fraction of sp³-hybridized carbons (Fsp3) is 0.276. The Morgan fingerprint density at radius 3 is 2.55 bits per heavy atom. The molecule has 1 aliphatic heterocycles. The van der Waals surface area contributed by atoms with E-state index >= 15 is 0 Å². The van der Waals surface area contributed by atoms with Crippen LogP contribution in [0.2, 0.25) is 0 Å². The predicted molar refractivity (Wildman–Crippen MR) is 154 cm³/mol. The quantitative estimate of drug-likeness (QED) is 0.307. The van der Waals surface area contributed by atoms with Gasteiger partial charge in [-0.3, -0.25) is 14.5 Å². The van der Waals surface area contributed by atoms with Gasteiger partial charge in [-0.25, -0.2) is 4.68 Å². The highest BCUT2D eigenvalue weighted by Crippen LogP contribution is 2.49. The van der Waals surface area contributed by atoms with Gasteiger partial charge < -0.3 is 10.1 Å². The van der Waals surface area contributed by atoms with Crippen LogP contribution in [0.3, 0.4) is 0 Å². The Balaban J connectivity index is 1.75. The number of thiophene rings is 1. The maximum Gasteiger partial charge on any atom is 0.240 e. The third kappa shape index (κ3) is 5.21. The van der Waals surface area contributed by atoms with Gasteiger partial charge in [0.05, 0.1) is 29.5 Å². The molecule has 9 heteroatoms. The molecule has 4 aromatic rings. The van der Waals surface area contributed by atoms with Crippen molar-refractivity contribution < 1.29 is 14.3 Å². The lowest BCUT2D eigenvalue weighted by molar-refractivity contribution is -0.123. The molecule has 2 amide bonds. The van der Waals surface area contributed by atoms with Gasteiger partial charge in [0.2, 0.25) is 11.8 Å². The number of carbonyl (C=O) groups excluding carboxylic acids is 2. The van der Waals surface area contributed by atoms with Crippen molar-refractivity contribution in [3.63, 3.8) is 0 Å². The first-order valence-corrected chi connectivity index (χ1v) is 14.5. The predicted octanol–water partition coefficient (Wildman–Crippen LogP) is 5.69. The highest BCUT2D eigenvalue weighted by molar-refractivity contribution is 8.00. The van der Waals surface area contributed by atoms with Crippen molar-refractivity contribution in [2.45, 2.75) is 31.6 Å². The summed E-state index contributed by atoms with van der Waals surface area (Å²) in [6.07, 6.45) is 0.809. The minimum absolute atomic E-state index is 0.0173. The van der Waals surface area contributed by atoms with E-state index in [1.165, 1.54) is 0 Å². The molecule has 0 aliphatic carbocycles. The molecule has 2 aromatic heterocycles. The van der Waals surface area contributed by atoms with Crippen LogP contribution >= 0.6 is 23.1 Å². The van der Waals surface area contributed by atoms with Gasteiger partial charge in [-0.1, -0.05) is 43.3 Å². The third-order valence-electron chi connectivity index (χ3n) is 6.58. The second-order valence-corrected chi connectivity index (χ2v) is 11.2. The molecular weight excluding hydrogens is 516 g/mol. The van der Waals surface area contributed by atoms with Crippen LogP contribution < -0.4 is 15.0 Å². The van der Waals surface area contributed by atoms with Crippen molar-refractivity contribution in [3.8, 4) is 22.7 Å². The number of aromatic nitrogens is 2. The Bertz CT molecular complexity index is 1400. The van der Waals surface area contributed by atoms with Crippen molar-refractivity contribution in [1.29, 1.82) is 0 Å². The highest BCUT2D eigenvalue weighted by atomic mass is 32.2. The highest BCUT2D eigenvalue weighted by Gasteiger charge is 2.38. The second-order valence-electron chi connectivity index (χ2n) is 9.12. The maximum atomic E-state index is 13.7. The van der Waals surface area contributed by atoms with E-state index < -0.39 is 0 Å². The molecule has 0 saturated carbocycles. The number of amides is 2. The lowest BCUT2D eigenvalue weighted by Gasteiger charge is -2.24. The SMILES string of the molecule is CC[C@@H](C)NC(=O)CN1C(=O)CS[C@H](c2cccs2)c2c(-c3ccccc3)nn(-c3ccc(OC)cc3)c21. The lowest BCUT2D eigenvalue weighted by Crippen LogP contribution is -2.44. The Labute approximate surface area is 230 Å². The molecule has 5 rings (SSSR count). The standard InChI is InChI=1S/C29H30N4O3S2/c1-4-19(2)30-24(34)17-32-25(35)18-38-28(23-11-8-16-37-23)26-27(20-9-6-5-7-10-20)31-33(29(26)32)21-12-14-22(36-3)15-13-21/h5-16,19,28H,4,17-18H2,1-3H3,(H,30,34)/t19-,28-/m1/s1. The summed E-state index contributed by atoms with van der Waals surface area (Å²) >= 11 is 3.24. The molecule has 1 aliphatic rings. The number of nitrogens with one attached hydrogen (secondary N) is 1. The summed E-state index contributed by atoms with van der Waals surface area (Å²) in [5.74, 6) is 1.29. The summed E-state index contributed by atoms with van der Waals surface area (Å²) in [7, 11) is 1.63. The van der Waals surface area contributed by atoms with Gasteiger partial charge in [0.1, 0.15) is 18.1 Å². The summed E-state index contributed by atoms with van der Waals surface area (Å²) in [6.45, 7) is 3.91. The Kier molecular flexibility index (Phi) is 7.85. The van der Waals surface area contributed by atoms with Gasteiger partial charge in [0.15, 0.2) is 0 Å². The van der Waals surface area contributed by atoms with Crippen LogP contribution in [0, 0.1) is 0 Å². The van der Waals surface area contributed by atoms with Crippen LogP contribution in [0.4, 0.5) is 5.82 Å². The number of fused-ring (bicyclic) bond motifs is 1. The molecule has 0 saturated heterocycles. The summed E-state index contributed by atoms with van der Waals surface area (Å²) in [5, 5.41) is 10.1. The van der Waals surface area contributed by atoms with Crippen LogP contribution in [-0.4, -0.2) is 47.0 Å². The largest absolute Gasteiger partial charge is 0.497 e. The van der Waals surface area contributed by atoms with E-state index in [2.05, 4.69) is 16.8 Å². The zero-order valence-corrected chi connectivity index (χ0v) is 23.2. The third-order valence-corrected chi connectivity index (χ3v) is 8.90.